The van der Waals surface area contributed by atoms with E-state index in [4.69, 9.17) is 9.15 Å². The molecule has 1 aliphatic heterocycles. The molecule has 0 saturated carbocycles. The van der Waals surface area contributed by atoms with Crippen molar-refractivity contribution in [1.29, 1.82) is 0 Å². The van der Waals surface area contributed by atoms with Crippen LogP contribution in [0.1, 0.15) is 12.2 Å². The summed E-state index contributed by atoms with van der Waals surface area (Å²) < 4.78 is 15.3. The molecule has 90 valence electrons. The van der Waals surface area contributed by atoms with Gasteiger partial charge >= 0.3 is 11.9 Å². The lowest BCUT2D eigenvalue weighted by Gasteiger charge is -2.04. The van der Waals surface area contributed by atoms with Gasteiger partial charge in [0.1, 0.15) is 5.76 Å². The molecule has 0 spiro atoms. The summed E-state index contributed by atoms with van der Waals surface area (Å²) in [5.41, 5.74) is 0. The van der Waals surface area contributed by atoms with Gasteiger partial charge in [0.2, 0.25) is 6.10 Å². The first kappa shape index (κ1) is 11.9. The molecule has 0 N–H and O–H groups in total. The van der Waals surface area contributed by atoms with Crippen LogP contribution in [0.15, 0.2) is 27.3 Å². The van der Waals surface area contributed by atoms with Crippen LogP contribution in [-0.2, 0) is 19.1 Å². The molecular weight excluding hydrogens is 292 g/mol. The van der Waals surface area contributed by atoms with Crippen LogP contribution in [0.25, 0.3) is 6.08 Å². The lowest BCUT2D eigenvalue weighted by atomic mass is 10.3. The minimum absolute atomic E-state index is 0.297. The van der Waals surface area contributed by atoms with Gasteiger partial charge in [0.25, 0.3) is 0 Å². The van der Waals surface area contributed by atoms with E-state index < -0.39 is 18.0 Å². The van der Waals surface area contributed by atoms with Crippen molar-refractivity contribution in [3.8, 4) is 0 Å². The zero-order valence-electron chi connectivity index (χ0n) is 8.72. The fourth-order valence-electron chi connectivity index (χ4n) is 1.33. The number of hydrogen-bond donors (Lipinski definition) is 0. The molecule has 1 aromatic heterocycles. The van der Waals surface area contributed by atoms with Gasteiger partial charge < -0.3 is 13.9 Å². The van der Waals surface area contributed by atoms with Gasteiger partial charge in [-0.3, -0.25) is 0 Å². The zero-order valence-corrected chi connectivity index (χ0v) is 10.3. The van der Waals surface area contributed by atoms with Gasteiger partial charge in [-0.1, -0.05) is 0 Å². The summed E-state index contributed by atoms with van der Waals surface area (Å²) >= 11 is 3.14. The summed E-state index contributed by atoms with van der Waals surface area (Å²) in [6, 6.07) is 3.40. The molecule has 0 bridgehead atoms. The third-order valence-electron chi connectivity index (χ3n) is 2.12. The molecular formula is C11H9BrO5. The second-order valence-corrected chi connectivity index (χ2v) is 4.14. The number of halogens is 1. The molecule has 0 aromatic carbocycles. The Labute approximate surface area is 106 Å². The van der Waals surface area contributed by atoms with E-state index in [0.29, 0.717) is 23.5 Å². The molecule has 6 heteroatoms. The molecule has 17 heavy (non-hydrogen) atoms. The number of ether oxygens (including phenoxy) is 2. The molecule has 2 rings (SSSR count). The van der Waals surface area contributed by atoms with Crippen molar-refractivity contribution in [3.63, 3.8) is 0 Å². The Morgan fingerprint density at radius 3 is 2.94 bits per heavy atom. The van der Waals surface area contributed by atoms with Crippen molar-refractivity contribution in [2.45, 2.75) is 12.5 Å². The molecule has 0 unspecified atom stereocenters. The number of furan rings is 1. The summed E-state index contributed by atoms with van der Waals surface area (Å²) in [6.45, 7) is 0.297. The summed E-state index contributed by atoms with van der Waals surface area (Å²) in [5, 5.41) is 0. The maximum absolute atomic E-state index is 11.4. The Hall–Kier alpha value is -1.56. The van der Waals surface area contributed by atoms with Crippen molar-refractivity contribution < 1.29 is 23.5 Å². The SMILES string of the molecule is O=C(/C=C/c1ccc(Br)o1)O[C@H]1CCOC1=O. The predicted octanol–water partition coefficient (Wildman–Crippen LogP) is 1.91. The highest BCUT2D eigenvalue weighted by molar-refractivity contribution is 9.10. The van der Waals surface area contributed by atoms with Crippen LogP contribution in [0.4, 0.5) is 0 Å². The molecule has 1 aliphatic rings. The highest BCUT2D eigenvalue weighted by atomic mass is 79.9. The van der Waals surface area contributed by atoms with Crippen LogP contribution < -0.4 is 0 Å². The van der Waals surface area contributed by atoms with E-state index in [1.165, 1.54) is 12.2 Å². The van der Waals surface area contributed by atoms with E-state index in [0.717, 1.165) is 0 Å². The van der Waals surface area contributed by atoms with Gasteiger partial charge in [-0.2, -0.15) is 0 Å². The Bertz CT molecular complexity index is 462. The molecule has 0 radical (unpaired) electrons. The molecule has 1 saturated heterocycles. The molecule has 1 fully saturated rings. The van der Waals surface area contributed by atoms with Gasteiger partial charge in [-0.15, -0.1) is 0 Å². The number of hydrogen-bond acceptors (Lipinski definition) is 5. The van der Waals surface area contributed by atoms with Crippen LogP contribution in [0, 0.1) is 0 Å². The van der Waals surface area contributed by atoms with Crippen molar-refractivity contribution in [2.75, 3.05) is 6.61 Å². The quantitative estimate of drug-likeness (QED) is 0.630. The van der Waals surface area contributed by atoms with Crippen molar-refractivity contribution in [1.82, 2.24) is 0 Å². The van der Waals surface area contributed by atoms with Gasteiger partial charge in [0.15, 0.2) is 4.67 Å². The van der Waals surface area contributed by atoms with Gasteiger partial charge in [-0.05, 0) is 34.1 Å². The summed E-state index contributed by atoms with van der Waals surface area (Å²) in [6.07, 6.45) is 2.30. The lowest BCUT2D eigenvalue weighted by Crippen LogP contribution is -2.21. The molecule has 1 atom stereocenters. The van der Waals surface area contributed by atoms with Gasteiger partial charge in [0, 0.05) is 12.5 Å². The second-order valence-electron chi connectivity index (χ2n) is 3.36. The first-order chi connectivity index (χ1) is 8.15. The van der Waals surface area contributed by atoms with E-state index in [1.807, 2.05) is 0 Å². The van der Waals surface area contributed by atoms with Crippen molar-refractivity contribution in [3.05, 3.63) is 28.6 Å². The maximum Gasteiger partial charge on any atom is 0.347 e. The van der Waals surface area contributed by atoms with Crippen LogP contribution >= 0.6 is 15.9 Å². The standard InChI is InChI=1S/C11H9BrO5/c12-9-3-1-7(16-9)2-4-10(13)17-8-5-6-15-11(8)14/h1-4,8H,5-6H2/b4-2+/t8-/m0/s1. The average molecular weight is 301 g/mol. The zero-order chi connectivity index (χ0) is 12.3. The van der Waals surface area contributed by atoms with E-state index in [2.05, 4.69) is 20.7 Å². The summed E-state index contributed by atoms with van der Waals surface area (Å²) in [7, 11) is 0. The third kappa shape index (κ3) is 3.20. The van der Waals surface area contributed by atoms with E-state index in [9.17, 15) is 9.59 Å². The molecule has 0 aliphatic carbocycles. The van der Waals surface area contributed by atoms with Crippen molar-refractivity contribution >= 4 is 33.9 Å². The van der Waals surface area contributed by atoms with Gasteiger partial charge in [0.05, 0.1) is 6.61 Å². The van der Waals surface area contributed by atoms with E-state index in [1.54, 1.807) is 12.1 Å². The first-order valence-electron chi connectivity index (χ1n) is 4.96. The Kier molecular flexibility index (Phi) is 3.63. The van der Waals surface area contributed by atoms with E-state index >= 15 is 0 Å². The normalized spacial score (nSPS) is 19.6. The predicted molar refractivity (Wildman–Crippen MR) is 60.9 cm³/mol. The Balaban J connectivity index is 1.88. The highest BCUT2D eigenvalue weighted by Crippen LogP contribution is 2.15. The van der Waals surface area contributed by atoms with Crippen molar-refractivity contribution in [2.24, 2.45) is 0 Å². The fraction of sp³-hybridized carbons (Fsp3) is 0.273. The lowest BCUT2D eigenvalue weighted by molar-refractivity contribution is -0.156. The summed E-state index contributed by atoms with van der Waals surface area (Å²) in [4.78, 5) is 22.4. The molecule has 5 nitrogen and oxygen atoms in total. The van der Waals surface area contributed by atoms with E-state index in [-0.39, 0.29) is 0 Å². The minimum atomic E-state index is -0.782. The van der Waals surface area contributed by atoms with Crippen LogP contribution in [0.5, 0.6) is 0 Å². The second kappa shape index (κ2) is 5.18. The fourth-order valence-corrected chi connectivity index (χ4v) is 1.65. The smallest absolute Gasteiger partial charge is 0.347 e. The summed E-state index contributed by atoms with van der Waals surface area (Å²) in [5.74, 6) is -0.573. The van der Waals surface area contributed by atoms with Crippen LogP contribution in [0.3, 0.4) is 0 Å². The molecule has 1 aromatic rings. The van der Waals surface area contributed by atoms with Gasteiger partial charge in [-0.25, -0.2) is 9.59 Å². The Morgan fingerprint density at radius 2 is 2.35 bits per heavy atom. The number of rotatable bonds is 3. The largest absolute Gasteiger partial charge is 0.463 e. The maximum atomic E-state index is 11.4. The number of cyclic esters (lactones) is 1. The number of esters is 2. The average Bonchev–Trinajstić information content (AvgIpc) is 2.86. The Morgan fingerprint density at radius 1 is 1.53 bits per heavy atom. The van der Waals surface area contributed by atoms with Crippen LogP contribution in [-0.4, -0.2) is 24.6 Å². The van der Waals surface area contributed by atoms with Crippen LogP contribution in [0.2, 0.25) is 0 Å². The minimum Gasteiger partial charge on any atom is -0.463 e. The molecule has 2 heterocycles. The number of carbonyl (C=O) groups excluding carboxylic acids is 2. The molecule has 0 amide bonds. The topological polar surface area (TPSA) is 65.7 Å². The third-order valence-corrected chi connectivity index (χ3v) is 2.55. The highest BCUT2D eigenvalue weighted by Gasteiger charge is 2.29. The first-order valence-corrected chi connectivity index (χ1v) is 5.75. The monoisotopic (exact) mass is 300 g/mol. The number of carbonyl (C=O) groups is 2.